The van der Waals surface area contributed by atoms with Gasteiger partial charge in [-0.2, -0.15) is 0 Å². The molecule has 162 valence electrons. The fourth-order valence-electron chi connectivity index (χ4n) is 3.98. The summed E-state index contributed by atoms with van der Waals surface area (Å²) in [5, 5.41) is 34.4. The van der Waals surface area contributed by atoms with Crippen molar-refractivity contribution in [2.75, 3.05) is 6.54 Å². The zero-order valence-electron chi connectivity index (χ0n) is 16.6. The lowest BCUT2D eigenvalue weighted by Gasteiger charge is -2.45. The van der Waals surface area contributed by atoms with Gasteiger partial charge in [0.25, 0.3) is 5.91 Å². The number of aliphatic hydroxyl groups excluding tert-OH is 3. The molecule has 9 heteroatoms. The van der Waals surface area contributed by atoms with E-state index in [2.05, 4.69) is 5.32 Å². The Balaban J connectivity index is 1.66. The van der Waals surface area contributed by atoms with Crippen molar-refractivity contribution in [1.82, 2.24) is 5.32 Å². The molecule has 0 unspecified atom stereocenters. The highest BCUT2D eigenvalue weighted by Crippen LogP contribution is 2.47. The highest BCUT2D eigenvalue weighted by atomic mass is 35.5. The number of benzene rings is 1. The molecule has 0 bridgehead atoms. The number of carbonyl (C=O) groups is 1. The van der Waals surface area contributed by atoms with E-state index in [1.54, 1.807) is 19.1 Å². The Bertz CT molecular complexity index is 965. The van der Waals surface area contributed by atoms with E-state index in [-0.39, 0.29) is 12.5 Å². The molecule has 2 aliphatic heterocycles. The van der Waals surface area contributed by atoms with E-state index >= 15 is 0 Å². The molecular formula is C21H24ClNO6S. The van der Waals surface area contributed by atoms with E-state index in [1.165, 1.54) is 11.3 Å². The molecule has 2 aliphatic rings. The van der Waals surface area contributed by atoms with Crippen LogP contribution in [0.5, 0.6) is 0 Å². The first-order chi connectivity index (χ1) is 14.3. The Morgan fingerprint density at radius 2 is 2.07 bits per heavy atom. The van der Waals surface area contributed by atoms with Gasteiger partial charge in [-0.3, -0.25) is 4.79 Å². The maximum Gasteiger partial charge on any atom is 0.261 e. The van der Waals surface area contributed by atoms with Gasteiger partial charge in [0.05, 0.1) is 17.6 Å². The van der Waals surface area contributed by atoms with Crippen LogP contribution in [0.2, 0.25) is 5.02 Å². The van der Waals surface area contributed by atoms with Crippen LogP contribution in [-0.4, -0.2) is 52.2 Å². The summed E-state index contributed by atoms with van der Waals surface area (Å²) in [6.07, 6.45) is -4.32. The number of fused-ring (bicyclic) bond motifs is 2. The first-order valence-electron chi connectivity index (χ1n) is 9.81. The lowest BCUT2D eigenvalue weighted by atomic mass is 9.87. The predicted molar refractivity (Wildman–Crippen MR) is 112 cm³/mol. The van der Waals surface area contributed by atoms with Crippen molar-refractivity contribution >= 4 is 28.8 Å². The van der Waals surface area contributed by atoms with Gasteiger partial charge in [0.2, 0.25) is 5.79 Å². The van der Waals surface area contributed by atoms with E-state index in [0.717, 1.165) is 16.0 Å². The summed E-state index contributed by atoms with van der Waals surface area (Å²) in [6.45, 7) is 4.22. The van der Waals surface area contributed by atoms with Crippen LogP contribution in [0.4, 0.5) is 0 Å². The van der Waals surface area contributed by atoms with Gasteiger partial charge >= 0.3 is 0 Å². The standard InChI is InChI=1S/C21H24ClNO6S/c1-3-23-20(27)16-5-4-13(30-16)6-11-7-14-12(8-15(11)22)9-28-21(14)19(26)18(25)17(24)10(2)29-21/h4-5,7-8,10,17-19,24-26H,3,6,9H2,1-2H3,(H,23,27)/t10-,17-,18+,19-,21+/m1/s1. The monoisotopic (exact) mass is 453 g/mol. The molecule has 1 fully saturated rings. The third-order valence-electron chi connectivity index (χ3n) is 5.58. The third kappa shape index (κ3) is 3.56. The molecule has 1 aromatic carbocycles. The lowest BCUT2D eigenvalue weighted by molar-refractivity contribution is -0.362. The number of hydrogen-bond donors (Lipinski definition) is 4. The maximum atomic E-state index is 12.0. The zero-order valence-corrected chi connectivity index (χ0v) is 18.2. The van der Waals surface area contributed by atoms with Gasteiger partial charge in [-0.05, 0) is 49.2 Å². The highest BCUT2D eigenvalue weighted by molar-refractivity contribution is 7.14. The Hall–Kier alpha value is -1.52. The average Bonchev–Trinajstić information content (AvgIpc) is 3.31. The fourth-order valence-corrected chi connectivity index (χ4v) is 5.18. The van der Waals surface area contributed by atoms with Gasteiger partial charge in [0.15, 0.2) is 0 Å². The van der Waals surface area contributed by atoms with Crippen LogP contribution in [0, 0.1) is 0 Å². The van der Waals surface area contributed by atoms with Crippen LogP contribution in [-0.2, 0) is 28.3 Å². The summed E-state index contributed by atoms with van der Waals surface area (Å²) < 4.78 is 11.7. The summed E-state index contributed by atoms with van der Waals surface area (Å²) >= 11 is 7.89. The number of thiophene rings is 1. The van der Waals surface area contributed by atoms with Crippen molar-refractivity contribution < 1.29 is 29.6 Å². The van der Waals surface area contributed by atoms with E-state index in [9.17, 15) is 20.1 Å². The van der Waals surface area contributed by atoms with E-state index < -0.39 is 30.2 Å². The summed E-state index contributed by atoms with van der Waals surface area (Å²) in [7, 11) is 0. The first kappa shape index (κ1) is 21.7. The lowest BCUT2D eigenvalue weighted by Crippen LogP contribution is -2.62. The molecule has 7 nitrogen and oxygen atoms in total. The number of aliphatic hydroxyl groups is 3. The molecule has 0 saturated carbocycles. The summed E-state index contributed by atoms with van der Waals surface area (Å²) in [4.78, 5) is 13.6. The molecule has 0 aliphatic carbocycles. The summed E-state index contributed by atoms with van der Waals surface area (Å²) in [5.41, 5.74) is 2.13. The molecule has 1 saturated heterocycles. The smallest absolute Gasteiger partial charge is 0.261 e. The van der Waals surface area contributed by atoms with Crippen LogP contribution in [0.15, 0.2) is 24.3 Å². The molecule has 30 heavy (non-hydrogen) atoms. The number of ether oxygens (including phenoxy) is 2. The molecule has 1 aromatic heterocycles. The number of hydrogen-bond acceptors (Lipinski definition) is 7. The number of carbonyl (C=O) groups excluding carboxylic acids is 1. The molecule has 4 rings (SSSR count). The van der Waals surface area contributed by atoms with E-state index in [1.807, 2.05) is 19.1 Å². The summed E-state index contributed by atoms with van der Waals surface area (Å²) in [5.74, 6) is -1.67. The molecule has 1 amide bonds. The second kappa shape index (κ2) is 8.20. The summed E-state index contributed by atoms with van der Waals surface area (Å²) in [6, 6.07) is 7.26. The largest absolute Gasteiger partial charge is 0.388 e. The van der Waals surface area contributed by atoms with Gasteiger partial charge < -0.3 is 30.1 Å². The SMILES string of the molecule is CCNC(=O)c1ccc(Cc2cc3c(cc2Cl)CO[C@]32O[C@H](C)[C@@H](O)[C@H](O)[C@H]2O)s1. The topological polar surface area (TPSA) is 108 Å². The number of nitrogens with one attached hydrogen (secondary N) is 1. The zero-order chi connectivity index (χ0) is 21.6. The van der Waals surface area contributed by atoms with E-state index in [4.69, 9.17) is 21.1 Å². The van der Waals surface area contributed by atoms with Crippen molar-refractivity contribution in [3.63, 3.8) is 0 Å². The Kier molecular flexibility index (Phi) is 5.93. The van der Waals surface area contributed by atoms with Crippen molar-refractivity contribution in [3.05, 3.63) is 55.7 Å². The minimum Gasteiger partial charge on any atom is -0.388 e. The molecular weight excluding hydrogens is 430 g/mol. The van der Waals surface area contributed by atoms with Crippen molar-refractivity contribution in [2.45, 2.75) is 57.1 Å². The molecule has 2 aromatic rings. The van der Waals surface area contributed by atoms with Crippen molar-refractivity contribution in [3.8, 4) is 0 Å². The highest BCUT2D eigenvalue weighted by Gasteiger charge is 2.57. The predicted octanol–water partition coefficient (Wildman–Crippen LogP) is 1.93. The Labute approximate surface area is 183 Å². The average molecular weight is 454 g/mol. The fraction of sp³-hybridized carbons (Fsp3) is 0.476. The second-order valence-corrected chi connectivity index (χ2v) is 9.18. The van der Waals surface area contributed by atoms with Crippen LogP contribution >= 0.6 is 22.9 Å². The third-order valence-corrected chi connectivity index (χ3v) is 7.02. The van der Waals surface area contributed by atoms with Gasteiger partial charge in [-0.25, -0.2) is 0 Å². The molecule has 4 N–H and O–H groups in total. The normalized spacial score (nSPS) is 30.5. The van der Waals surface area contributed by atoms with Gasteiger partial charge in [0.1, 0.15) is 18.3 Å². The first-order valence-corrected chi connectivity index (χ1v) is 11.0. The minimum atomic E-state index is -1.56. The molecule has 0 radical (unpaired) electrons. The Morgan fingerprint density at radius 3 is 2.80 bits per heavy atom. The van der Waals surface area contributed by atoms with Gasteiger partial charge in [-0.1, -0.05) is 11.6 Å². The van der Waals surface area contributed by atoms with Crippen LogP contribution in [0.3, 0.4) is 0 Å². The molecule has 3 heterocycles. The van der Waals surface area contributed by atoms with Crippen LogP contribution in [0.25, 0.3) is 0 Å². The molecule has 1 spiro atoms. The molecule has 5 atom stereocenters. The number of halogens is 1. The van der Waals surface area contributed by atoms with Gasteiger partial charge in [0, 0.05) is 28.4 Å². The van der Waals surface area contributed by atoms with E-state index in [0.29, 0.717) is 28.4 Å². The van der Waals surface area contributed by atoms with Gasteiger partial charge in [-0.15, -0.1) is 11.3 Å². The number of amides is 1. The van der Waals surface area contributed by atoms with Crippen LogP contribution < -0.4 is 5.32 Å². The van der Waals surface area contributed by atoms with Crippen molar-refractivity contribution in [1.29, 1.82) is 0 Å². The Morgan fingerprint density at radius 1 is 1.30 bits per heavy atom. The number of rotatable bonds is 4. The second-order valence-electron chi connectivity index (χ2n) is 7.61. The quantitative estimate of drug-likeness (QED) is 0.563. The minimum absolute atomic E-state index is 0.110. The maximum absolute atomic E-state index is 12.0. The van der Waals surface area contributed by atoms with Crippen LogP contribution in [0.1, 0.15) is 45.1 Å². The van der Waals surface area contributed by atoms with Crippen molar-refractivity contribution in [2.24, 2.45) is 0 Å².